The van der Waals surface area contributed by atoms with Crippen molar-refractivity contribution in [2.75, 3.05) is 0 Å². The van der Waals surface area contributed by atoms with Crippen LogP contribution in [-0.4, -0.2) is 61.4 Å². The topological polar surface area (TPSA) is 145 Å². The molecule has 0 amide bonds. The highest BCUT2D eigenvalue weighted by molar-refractivity contribution is 5.87. The monoisotopic (exact) mass is 338 g/mol. The number of esters is 1. The van der Waals surface area contributed by atoms with Gasteiger partial charge in [0, 0.05) is 18.9 Å². The number of phenolic OH excluding ortho intramolecular Hbond substituents is 1. The van der Waals surface area contributed by atoms with Gasteiger partial charge in [-0.15, -0.1) is 0 Å². The van der Waals surface area contributed by atoms with Gasteiger partial charge in [0.2, 0.25) is 0 Å². The Morgan fingerprint density at radius 1 is 1.12 bits per heavy atom. The molecule has 1 aliphatic carbocycles. The number of carbonyl (C=O) groups is 2. The number of carboxylic acid groups (broad SMARTS) is 1. The van der Waals surface area contributed by atoms with Gasteiger partial charge in [0.1, 0.15) is 5.75 Å². The molecule has 0 aromatic heterocycles. The van der Waals surface area contributed by atoms with Crippen LogP contribution >= 0.6 is 0 Å². The highest BCUT2D eigenvalue weighted by atomic mass is 16.6. The highest BCUT2D eigenvalue weighted by Crippen LogP contribution is 2.31. The summed E-state index contributed by atoms with van der Waals surface area (Å²) in [6, 6.07) is 6.01. The summed E-state index contributed by atoms with van der Waals surface area (Å²) < 4.78 is 4.96. The van der Waals surface area contributed by atoms with Gasteiger partial charge < -0.3 is 30.3 Å². The maximum atomic E-state index is 11.8. The summed E-state index contributed by atoms with van der Waals surface area (Å²) >= 11 is 0. The Bertz CT molecular complexity index is 624. The maximum Gasteiger partial charge on any atom is 0.335 e. The zero-order valence-electron chi connectivity index (χ0n) is 12.6. The molecule has 1 aliphatic rings. The van der Waals surface area contributed by atoms with Crippen molar-refractivity contribution in [3.05, 3.63) is 35.9 Å². The van der Waals surface area contributed by atoms with Gasteiger partial charge >= 0.3 is 11.9 Å². The van der Waals surface area contributed by atoms with Crippen molar-refractivity contribution in [1.29, 1.82) is 0 Å². The van der Waals surface area contributed by atoms with Crippen LogP contribution in [0.1, 0.15) is 18.4 Å². The van der Waals surface area contributed by atoms with E-state index in [1.807, 2.05) is 0 Å². The molecule has 0 saturated heterocycles. The summed E-state index contributed by atoms with van der Waals surface area (Å²) in [5.41, 5.74) is -1.64. The fourth-order valence-electron chi connectivity index (χ4n) is 2.52. The van der Waals surface area contributed by atoms with Crippen molar-refractivity contribution in [1.82, 2.24) is 0 Å². The minimum absolute atomic E-state index is 0.0779. The van der Waals surface area contributed by atoms with Crippen LogP contribution in [0.5, 0.6) is 5.75 Å². The minimum atomic E-state index is -2.26. The highest BCUT2D eigenvalue weighted by Gasteiger charge is 2.50. The summed E-state index contributed by atoms with van der Waals surface area (Å²) in [6.45, 7) is 0. The standard InChI is InChI=1S/C16H18O8/c17-10-4-1-9(2-5-10)3-6-13(20)24-14-11(18)7-16(23,15(21)22)8-12(14)19/h1-6,11-12,14,17-19,23H,7-8H2,(H,21,22)/b6-3+/t11-,12-,14-,16+/m1/s1. The molecule has 2 atom stereocenters. The van der Waals surface area contributed by atoms with Gasteiger partial charge in [-0.05, 0) is 23.8 Å². The average molecular weight is 338 g/mol. The third kappa shape index (κ3) is 4.10. The van der Waals surface area contributed by atoms with E-state index in [0.717, 1.165) is 6.08 Å². The van der Waals surface area contributed by atoms with E-state index < -0.39 is 48.7 Å². The van der Waals surface area contributed by atoms with Gasteiger partial charge in [-0.25, -0.2) is 9.59 Å². The van der Waals surface area contributed by atoms with E-state index >= 15 is 0 Å². The fourth-order valence-corrected chi connectivity index (χ4v) is 2.52. The Hall–Kier alpha value is -2.42. The third-order valence-electron chi connectivity index (χ3n) is 3.81. The van der Waals surface area contributed by atoms with Crippen LogP contribution < -0.4 is 0 Å². The number of carbonyl (C=O) groups excluding carboxylic acids is 1. The summed E-state index contributed by atoms with van der Waals surface area (Å²) in [7, 11) is 0. The maximum absolute atomic E-state index is 11.8. The molecule has 0 spiro atoms. The summed E-state index contributed by atoms with van der Waals surface area (Å²) in [4.78, 5) is 22.7. The first kappa shape index (κ1) is 17.9. The largest absolute Gasteiger partial charge is 0.508 e. The number of aliphatic carboxylic acids is 1. The van der Waals surface area contributed by atoms with E-state index in [0.29, 0.717) is 5.56 Å². The molecule has 1 aromatic carbocycles. The van der Waals surface area contributed by atoms with E-state index in [1.165, 1.54) is 18.2 Å². The number of aromatic hydroxyl groups is 1. The first-order valence-corrected chi connectivity index (χ1v) is 7.21. The van der Waals surface area contributed by atoms with Crippen molar-refractivity contribution in [2.24, 2.45) is 0 Å². The Balaban J connectivity index is 1.98. The zero-order valence-corrected chi connectivity index (χ0v) is 12.6. The predicted octanol–water partition coefficient (Wildman–Crippen LogP) is -0.352. The average Bonchev–Trinajstić information content (AvgIpc) is 2.50. The first-order valence-electron chi connectivity index (χ1n) is 7.21. The van der Waals surface area contributed by atoms with Crippen LogP contribution in [-0.2, 0) is 14.3 Å². The third-order valence-corrected chi connectivity index (χ3v) is 3.81. The van der Waals surface area contributed by atoms with Crippen molar-refractivity contribution in [3.8, 4) is 5.75 Å². The summed E-state index contributed by atoms with van der Waals surface area (Å²) in [6.07, 6.45) is -2.98. The predicted molar refractivity (Wildman–Crippen MR) is 80.9 cm³/mol. The molecular formula is C16H18O8. The molecule has 1 aromatic rings. The molecule has 0 unspecified atom stereocenters. The molecule has 8 nitrogen and oxygen atoms in total. The smallest absolute Gasteiger partial charge is 0.335 e. The van der Waals surface area contributed by atoms with E-state index in [9.17, 15) is 24.9 Å². The Kier molecular flexibility index (Phi) is 5.23. The normalized spacial score (nSPS) is 30.2. The van der Waals surface area contributed by atoms with E-state index in [1.54, 1.807) is 12.1 Å². The van der Waals surface area contributed by atoms with Gasteiger partial charge in [-0.1, -0.05) is 12.1 Å². The number of phenols is 1. The molecule has 130 valence electrons. The van der Waals surface area contributed by atoms with Crippen LogP contribution in [0, 0.1) is 0 Å². The lowest BCUT2D eigenvalue weighted by molar-refractivity contribution is -0.196. The number of carboxylic acids is 1. The molecule has 0 bridgehead atoms. The quantitative estimate of drug-likeness (QED) is 0.370. The fraction of sp³-hybridized carbons (Fsp3) is 0.375. The van der Waals surface area contributed by atoms with E-state index in [4.69, 9.17) is 14.9 Å². The molecule has 2 rings (SSSR count). The van der Waals surface area contributed by atoms with E-state index in [-0.39, 0.29) is 5.75 Å². The second-order valence-corrected chi connectivity index (χ2v) is 5.71. The van der Waals surface area contributed by atoms with Crippen LogP contribution in [0.4, 0.5) is 0 Å². The Morgan fingerprint density at radius 3 is 2.17 bits per heavy atom. The molecule has 0 aliphatic heterocycles. The Labute approximate surface area is 137 Å². The number of aliphatic hydroxyl groups excluding tert-OH is 2. The molecule has 24 heavy (non-hydrogen) atoms. The van der Waals surface area contributed by atoms with Gasteiger partial charge in [-0.3, -0.25) is 0 Å². The summed E-state index contributed by atoms with van der Waals surface area (Å²) in [5, 5.41) is 47.7. The van der Waals surface area contributed by atoms with Crippen LogP contribution in [0.2, 0.25) is 0 Å². The lowest BCUT2D eigenvalue weighted by atomic mass is 9.79. The number of hydrogen-bond acceptors (Lipinski definition) is 7. The van der Waals surface area contributed by atoms with Crippen LogP contribution in [0.25, 0.3) is 6.08 Å². The van der Waals surface area contributed by atoms with Crippen molar-refractivity contribution in [2.45, 2.75) is 36.8 Å². The number of rotatable bonds is 4. The second-order valence-electron chi connectivity index (χ2n) is 5.71. The molecule has 0 radical (unpaired) electrons. The van der Waals surface area contributed by atoms with Crippen LogP contribution in [0.15, 0.2) is 30.3 Å². The van der Waals surface area contributed by atoms with Crippen LogP contribution in [0.3, 0.4) is 0 Å². The molecule has 1 fully saturated rings. The lowest BCUT2D eigenvalue weighted by Gasteiger charge is -2.39. The molecule has 8 heteroatoms. The van der Waals surface area contributed by atoms with Crippen molar-refractivity contribution < 1.29 is 39.9 Å². The van der Waals surface area contributed by atoms with Gasteiger partial charge in [-0.2, -0.15) is 0 Å². The second kappa shape index (κ2) is 7.00. The minimum Gasteiger partial charge on any atom is -0.508 e. The van der Waals surface area contributed by atoms with Gasteiger partial charge in [0.25, 0.3) is 0 Å². The number of ether oxygens (including phenoxy) is 1. The molecule has 5 N–H and O–H groups in total. The molecule has 0 heterocycles. The van der Waals surface area contributed by atoms with Crippen molar-refractivity contribution in [3.63, 3.8) is 0 Å². The van der Waals surface area contributed by atoms with Gasteiger partial charge in [0.05, 0.1) is 12.2 Å². The number of aliphatic hydroxyl groups is 3. The van der Waals surface area contributed by atoms with Gasteiger partial charge in [0.15, 0.2) is 11.7 Å². The number of hydrogen-bond donors (Lipinski definition) is 5. The Morgan fingerprint density at radius 2 is 1.67 bits per heavy atom. The molecule has 1 saturated carbocycles. The number of benzene rings is 1. The van der Waals surface area contributed by atoms with E-state index in [2.05, 4.69) is 0 Å². The zero-order chi connectivity index (χ0) is 17.9. The molecular weight excluding hydrogens is 320 g/mol. The van der Waals surface area contributed by atoms with Crippen molar-refractivity contribution >= 4 is 18.0 Å². The SMILES string of the molecule is O=C(/C=C/c1ccc(O)cc1)O[C@H]1[C@H](O)C[C@](O)(C(=O)O)C[C@H]1O. The summed E-state index contributed by atoms with van der Waals surface area (Å²) in [5.74, 6) is -2.32. The lowest BCUT2D eigenvalue weighted by Crippen LogP contribution is -2.57. The first-order chi connectivity index (χ1) is 11.2.